The number of halogens is 1. The monoisotopic (exact) mass is 384 g/mol. The molecule has 27 heavy (non-hydrogen) atoms. The van der Waals surface area contributed by atoms with Crippen molar-refractivity contribution in [1.82, 2.24) is 10.2 Å². The van der Waals surface area contributed by atoms with E-state index in [1.165, 1.54) is 0 Å². The number of carbonyl (C=O) groups excluding carboxylic acids is 2. The zero-order chi connectivity index (χ0) is 19.2. The number of nitrogens with zero attached hydrogens (tertiary/aromatic N) is 1. The van der Waals surface area contributed by atoms with E-state index in [0.29, 0.717) is 31.0 Å². The van der Waals surface area contributed by atoms with Gasteiger partial charge in [-0.05, 0) is 56.0 Å². The van der Waals surface area contributed by atoms with Crippen molar-refractivity contribution in [2.45, 2.75) is 38.6 Å². The highest BCUT2D eigenvalue weighted by Gasteiger charge is 2.24. The molecule has 3 rings (SSSR count). The molecule has 0 aromatic heterocycles. The van der Waals surface area contributed by atoms with Crippen LogP contribution in [-0.2, 0) is 11.2 Å². The fourth-order valence-corrected chi connectivity index (χ4v) is 3.44. The lowest BCUT2D eigenvalue weighted by atomic mass is 10.0. The largest absolute Gasteiger partial charge is 0.353 e. The van der Waals surface area contributed by atoms with Crippen molar-refractivity contribution in [2.75, 3.05) is 13.1 Å². The lowest BCUT2D eigenvalue weighted by molar-refractivity contribution is -0.122. The van der Waals surface area contributed by atoms with Gasteiger partial charge >= 0.3 is 0 Å². The number of nitrogens with one attached hydrogen (secondary N) is 1. The highest BCUT2D eigenvalue weighted by molar-refractivity contribution is 6.30. The Hall–Kier alpha value is -2.33. The highest BCUT2D eigenvalue weighted by atomic mass is 35.5. The molecule has 4 nitrogen and oxygen atoms in total. The van der Waals surface area contributed by atoms with Gasteiger partial charge in [0.15, 0.2) is 0 Å². The van der Waals surface area contributed by atoms with Gasteiger partial charge in [-0.3, -0.25) is 9.59 Å². The number of amides is 2. The summed E-state index contributed by atoms with van der Waals surface area (Å²) in [7, 11) is 0. The lowest BCUT2D eigenvalue weighted by Gasteiger charge is -2.32. The van der Waals surface area contributed by atoms with Crippen molar-refractivity contribution < 1.29 is 9.59 Å². The van der Waals surface area contributed by atoms with E-state index in [4.69, 9.17) is 11.6 Å². The van der Waals surface area contributed by atoms with Crippen LogP contribution < -0.4 is 5.32 Å². The van der Waals surface area contributed by atoms with Gasteiger partial charge in [-0.15, -0.1) is 0 Å². The second-order valence-corrected chi connectivity index (χ2v) is 7.56. The summed E-state index contributed by atoms with van der Waals surface area (Å²) < 4.78 is 0. The number of hydrogen-bond acceptors (Lipinski definition) is 2. The predicted octanol–water partition coefficient (Wildman–Crippen LogP) is 4.00. The van der Waals surface area contributed by atoms with Gasteiger partial charge < -0.3 is 10.2 Å². The average Bonchev–Trinajstić information content (AvgIpc) is 2.68. The average molecular weight is 385 g/mol. The van der Waals surface area contributed by atoms with Gasteiger partial charge in [0.2, 0.25) is 5.91 Å². The number of likely N-dealkylation sites (tertiary alicyclic amines) is 1. The molecule has 2 aromatic carbocycles. The van der Waals surface area contributed by atoms with E-state index < -0.39 is 0 Å². The molecule has 0 radical (unpaired) electrons. The standard InChI is InChI=1S/C22H25ClN2O2/c1-16-2-7-18(8-3-16)22(27)25-14-12-20(13-15-25)24-21(26)11-6-17-4-9-19(23)10-5-17/h2-5,7-10,20H,6,11-15H2,1H3,(H,24,26). The van der Waals surface area contributed by atoms with Crippen LogP contribution in [0, 0.1) is 6.92 Å². The minimum Gasteiger partial charge on any atom is -0.353 e. The Labute approximate surface area is 165 Å². The second-order valence-electron chi connectivity index (χ2n) is 7.13. The smallest absolute Gasteiger partial charge is 0.253 e. The second kappa shape index (κ2) is 9.05. The number of carbonyl (C=O) groups is 2. The Balaban J connectivity index is 1.42. The third-order valence-corrected chi connectivity index (χ3v) is 5.25. The summed E-state index contributed by atoms with van der Waals surface area (Å²) in [5, 5.41) is 3.81. The first-order valence-corrected chi connectivity index (χ1v) is 9.79. The molecule has 2 amide bonds. The fraction of sp³-hybridized carbons (Fsp3) is 0.364. The highest BCUT2D eigenvalue weighted by Crippen LogP contribution is 2.15. The summed E-state index contributed by atoms with van der Waals surface area (Å²) in [6, 6.07) is 15.4. The van der Waals surface area contributed by atoms with Gasteiger partial charge in [-0.1, -0.05) is 41.4 Å². The normalized spacial score (nSPS) is 14.8. The molecule has 1 aliphatic heterocycles. The molecule has 0 aliphatic carbocycles. The van der Waals surface area contributed by atoms with Gasteiger partial charge in [0, 0.05) is 36.1 Å². The maximum absolute atomic E-state index is 12.6. The maximum Gasteiger partial charge on any atom is 0.253 e. The minimum atomic E-state index is 0.0632. The summed E-state index contributed by atoms with van der Waals surface area (Å²) in [6.45, 7) is 3.36. The van der Waals surface area contributed by atoms with Gasteiger partial charge in [0.1, 0.15) is 0 Å². The molecule has 1 aliphatic rings. The molecule has 1 heterocycles. The van der Waals surface area contributed by atoms with Crippen LogP contribution in [0.25, 0.3) is 0 Å². The number of benzene rings is 2. The van der Waals surface area contributed by atoms with Gasteiger partial charge in [-0.2, -0.15) is 0 Å². The molecule has 0 atom stereocenters. The van der Waals surface area contributed by atoms with Crippen LogP contribution in [0.4, 0.5) is 0 Å². The molecule has 0 saturated carbocycles. The third-order valence-electron chi connectivity index (χ3n) is 5.00. The molecule has 2 aromatic rings. The van der Waals surface area contributed by atoms with Gasteiger partial charge in [0.05, 0.1) is 0 Å². The minimum absolute atomic E-state index is 0.0632. The molecular weight excluding hydrogens is 360 g/mol. The zero-order valence-electron chi connectivity index (χ0n) is 15.6. The SMILES string of the molecule is Cc1ccc(C(=O)N2CCC(NC(=O)CCc3ccc(Cl)cc3)CC2)cc1. The summed E-state index contributed by atoms with van der Waals surface area (Å²) in [4.78, 5) is 26.6. The Morgan fingerprint density at radius 2 is 1.67 bits per heavy atom. The molecule has 0 bridgehead atoms. The first-order chi connectivity index (χ1) is 13.0. The Morgan fingerprint density at radius 1 is 1.04 bits per heavy atom. The Bertz CT molecular complexity index is 779. The van der Waals surface area contributed by atoms with Crippen LogP contribution in [0.15, 0.2) is 48.5 Å². The Morgan fingerprint density at radius 3 is 2.30 bits per heavy atom. The third kappa shape index (κ3) is 5.57. The van der Waals surface area contributed by atoms with E-state index in [1.54, 1.807) is 0 Å². The number of rotatable bonds is 5. The molecule has 1 saturated heterocycles. The molecule has 1 fully saturated rings. The molecule has 1 N–H and O–H groups in total. The number of piperidine rings is 1. The van der Waals surface area contributed by atoms with Crippen LogP contribution in [-0.4, -0.2) is 35.8 Å². The summed E-state index contributed by atoms with van der Waals surface area (Å²) in [5.41, 5.74) is 2.98. The van der Waals surface area contributed by atoms with Crippen molar-refractivity contribution in [3.8, 4) is 0 Å². The molecular formula is C22H25ClN2O2. The molecule has 5 heteroatoms. The van der Waals surface area contributed by atoms with Gasteiger partial charge in [0.25, 0.3) is 5.91 Å². The lowest BCUT2D eigenvalue weighted by Crippen LogP contribution is -2.46. The molecule has 0 unspecified atom stereocenters. The van der Waals surface area contributed by atoms with E-state index in [1.807, 2.05) is 60.4 Å². The van der Waals surface area contributed by atoms with E-state index >= 15 is 0 Å². The number of hydrogen-bond donors (Lipinski definition) is 1. The molecule has 142 valence electrons. The zero-order valence-corrected chi connectivity index (χ0v) is 16.3. The van der Waals surface area contributed by atoms with Crippen LogP contribution in [0.1, 0.15) is 40.7 Å². The Kier molecular flexibility index (Phi) is 6.51. The van der Waals surface area contributed by atoms with Crippen LogP contribution in [0.2, 0.25) is 5.02 Å². The van der Waals surface area contributed by atoms with Crippen molar-refractivity contribution >= 4 is 23.4 Å². The van der Waals surface area contributed by atoms with Crippen molar-refractivity contribution in [3.63, 3.8) is 0 Å². The van der Waals surface area contributed by atoms with Crippen molar-refractivity contribution in [3.05, 3.63) is 70.2 Å². The summed E-state index contributed by atoms with van der Waals surface area (Å²) in [6.07, 6.45) is 2.76. The first-order valence-electron chi connectivity index (χ1n) is 9.41. The van der Waals surface area contributed by atoms with Crippen LogP contribution >= 0.6 is 11.6 Å². The van der Waals surface area contributed by atoms with Crippen molar-refractivity contribution in [2.24, 2.45) is 0 Å². The summed E-state index contributed by atoms with van der Waals surface area (Å²) >= 11 is 5.88. The van der Waals surface area contributed by atoms with E-state index in [2.05, 4.69) is 5.32 Å². The predicted molar refractivity (Wildman–Crippen MR) is 108 cm³/mol. The van der Waals surface area contributed by atoms with E-state index in [0.717, 1.165) is 29.5 Å². The first kappa shape index (κ1) is 19.4. The fourth-order valence-electron chi connectivity index (χ4n) is 3.31. The van der Waals surface area contributed by atoms with Crippen LogP contribution in [0.5, 0.6) is 0 Å². The number of aryl methyl sites for hydroxylation is 2. The van der Waals surface area contributed by atoms with Crippen LogP contribution in [0.3, 0.4) is 0 Å². The molecule has 0 spiro atoms. The quantitative estimate of drug-likeness (QED) is 0.846. The topological polar surface area (TPSA) is 49.4 Å². The maximum atomic E-state index is 12.6. The summed E-state index contributed by atoms with van der Waals surface area (Å²) in [5.74, 6) is 0.135. The van der Waals surface area contributed by atoms with E-state index in [-0.39, 0.29) is 17.9 Å². The van der Waals surface area contributed by atoms with E-state index in [9.17, 15) is 9.59 Å². The van der Waals surface area contributed by atoms with Gasteiger partial charge in [-0.25, -0.2) is 0 Å². The van der Waals surface area contributed by atoms with Crippen molar-refractivity contribution in [1.29, 1.82) is 0 Å².